The van der Waals surface area contributed by atoms with Gasteiger partial charge in [0, 0.05) is 18.4 Å². The summed E-state index contributed by atoms with van der Waals surface area (Å²) in [5, 5.41) is 1.87. The molecule has 1 aliphatic rings. The average Bonchev–Trinajstić information content (AvgIpc) is 2.90. The summed E-state index contributed by atoms with van der Waals surface area (Å²) < 4.78 is 1.93. The summed E-state index contributed by atoms with van der Waals surface area (Å²) in [4.78, 5) is 9.15. The van der Waals surface area contributed by atoms with E-state index in [0.29, 0.717) is 5.92 Å². The first-order valence-electron chi connectivity index (χ1n) is 6.16. The third-order valence-electron chi connectivity index (χ3n) is 3.71. The van der Waals surface area contributed by atoms with Crippen LogP contribution in [0.2, 0.25) is 5.15 Å². The maximum Gasteiger partial charge on any atom is 0.144 e. The lowest BCUT2D eigenvalue weighted by atomic mass is 10.0. The number of aryl methyl sites for hydroxylation is 2. The Kier molecular flexibility index (Phi) is 2.58. The van der Waals surface area contributed by atoms with Crippen molar-refractivity contribution in [2.75, 3.05) is 0 Å². The Hall–Kier alpha value is -1.09. The van der Waals surface area contributed by atoms with E-state index in [1.54, 1.807) is 0 Å². The van der Waals surface area contributed by atoms with E-state index in [1.807, 2.05) is 24.6 Å². The Balaban J connectivity index is 2.25. The fourth-order valence-electron chi connectivity index (χ4n) is 2.81. The molecule has 4 heteroatoms. The molecule has 3 nitrogen and oxygen atoms in total. The first-order chi connectivity index (χ1) is 8.16. The molecule has 0 unspecified atom stereocenters. The van der Waals surface area contributed by atoms with E-state index in [-0.39, 0.29) is 0 Å². The molecule has 0 N–H and O–H groups in total. The molecule has 3 rings (SSSR count). The zero-order valence-corrected chi connectivity index (χ0v) is 11.0. The number of hydrogen-bond acceptors (Lipinski definition) is 2. The van der Waals surface area contributed by atoms with Gasteiger partial charge in [0.1, 0.15) is 16.6 Å². The van der Waals surface area contributed by atoms with Gasteiger partial charge >= 0.3 is 0 Å². The molecule has 0 spiro atoms. The van der Waals surface area contributed by atoms with Crippen molar-refractivity contribution in [1.82, 2.24) is 14.5 Å². The van der Waals surface area contributed by atoms with Crippen molar-refractivity contribution in [3.63, 3.8) is 0 Å². The molecule has 2 aromatic rings. The molecule has 17 heavy (non-hydrogen) atoms. The lowest BCUT2D eigenvalue weighted by Gasteiger charge is -2.10. The summed E-state index contributed by atoms with van der Waals surface area (Å²) in [6, 6.07) is 2.00. The van der Waals surface area contributed by atoms with Gasteiger partial charge in [0.25, 0.3) is 0 Å². The highest BCUT2D eigenvalue weighted by Gasteiger charge is 2.23. The van der Waals surface area contributed by atoms with E-state index >= 15 is 0 Å². The van der Waals surface area contributed by atoms with Gasteiger partial charge in [-0.1, -0.05) is 24.4 Å². The molecule has 0 radical (unpaired) electrons. The molecule has 0 bridgehead atoms. The van der Waals surface area contributed by atoms with Crippen LogP contribution in [0, 0.1) is 6.92 Å². The topological polar surface area (TPSA) is 30.7 Å². The van der Waals surface area contributed by atoms with E-state index < -0.39 is 0 Å². The molecular formula is C13H16ClN3. The Bertz CT molecular complexity index is 568. The van der Waals surface area contributed by atoms with E-state index in [1.165, 1.54) is 31.4 Å². The fraction of sp³-hybridized carbons (Fsp3) is 0.538. The van der Waals surface area contributed by atoms with Gasteiger partial charge in [-0.05, 0) is 25.8 Å². The molecule has 2 aromatic heterocycles. The number of hydrogen-bond donors (Lipinski definition) is 0. The van der Waals surface area contributed by atoms with E-state index in [2.05, 4.69) is 9.97 Å². The van der Waals surface area contributed by atoms with Gasteiger partial charge in [-0.25, -0.2) is 9.97 Å². The van der Waals surface area contributed by atoms with Crippen LogP contribution in [0.1, 0.15) is 43.1 Å². The van der Waals surface area contributed by atoms with Gasteiger partial charge in [0.2, 0.25) is 0 Å². The van der Waals surface area contributed by atoms with Crippen LogP contribution < -0.4 is 0 Å². The third-order valence-corrected chi connectivity index (χ3v) is 4.07. The number of halogens is 1. The SMILES string of the molecule is Cc1nc(C2CCCC2)c2cc(Cl)n(C)c2n1. The van der Waals surface area contributed by atoms with Crippen LogP contribution in [0.3, 0.4) is 0 Å². The normalized spacial score (nSPS) is 17.1. The summed E-state index contributed by atoms with van der Waals surface area (Å²) in [5.74, 6) is 1.44. The van der Waals surface area contributed by atoms with Crippen molar-refractivity contribution in [3.8, 4) is 0 Å². The Morgan fingerprint density at radius 2 is 2.00 bits per heavy atom. The first kappa shape index (κ1) is 11.0. The van der Waals surface area contributed by atoms with Crippen molar-refractivity contribution < 1.29 is 0 Å². The maximum atomic E-state index is 6.18. The zero-order valence-electron chi connectivity index (χ0n) is 10.2. The Morgan fingerprint density at radius 3 is 2.71 bits per heavy atom. The van der Waals surface area contributed by atoms with Crippen LogP contribution in [0.25, 0.3) is 11.0 Å². The van der Waals surface area contributed by atoms with Crippen LogP contribution >= 0.6 is 11.6 Å². The van der Waals surface area contributed by atoms with Crippen molar-refractivity contribution in [2.45, 2.75) is 38.5 Å². The molecule has 2 heterocycles. The summed E-state index contributed by atoms with van der Waals surface area (Å²) >= 11 is 6.18. The number of rotatable bonds is 1. The molecule has 0 aliphatic heterocycles. The highest BCUT2D eigenvalue weighted by atomic mass is 35.5. The van der Waals surface area contributed by atoms with Gasteiger partial charge in [-0.2, -0.15) is 0 Å². The summed E-state index contributed by atoms with van der Waals surface area (Å²) in [7, 11) is 1.95. The van der Waals surface area contributed by atoms with Crippen LogP contribution in [0.4, 0.5) is 0 Å². The van der Waals surface area contributed by atoms with E-state index in [4.69, 9.17) is 11.6 Å². The predicted octanol–water partition coefficient (Wildman–Crippen LogP) is 3.59. The molecule has 0 aromatic carbocycles. The average molecular weight is 250 g/mol. The molecule has 0 atom stereocenters. The molecule has 0 saturated heterocycles. The summed E-state index contributed by atoms with van der Waals surface area (Å²) in [6.45, 7) is 1.96. The second-order valence-electron chi connectivity index (χ2n) is 4.90. The van der Waals surface area contributed by atoms with Crippen LogP contribution in [-0.2, 0) is 7.05 Å². The predicted molar refractivity (Wildman–Crippen MR) is 69.5 cm³/mol. The fourth-order valence-corrected chi connectivity index (χ4v) is 3.00. The van der Waals surface area contributed by atoms with Crippen molar-refractivity contribution in [3.05, 3.63) is 22.7 Å². The quantitative estimate of drug-likeness (QED) is 0.773. The first-order valence-corrected chi connectivity index (χ1v) is 6.54. The molecule has 0 amide bonds. The Morgan fingerprint density at radius 1 is 1.29 bits per heavy atom. The third kappa shape index (κ3) is 1.73. The number of aromatic nitrogens is 3. The van der Waals surface area contributed by atoms with Gasteiger partial charge in [-0.15, -0.1) is 0 Å². The van der Waals surface area contributed by atoms with Crippen molar-refractivity contribution in [1.29, 1.82) is 0 Å². The minimum absolute atomic E-state index is 0.595. The lowest BCUT2D eigenvalue weighted by molar-refractivity contribution is 0.697. The molecular weight excluding hydrogens is 234 g/mol. The summed E-state index contributed by atoms with van der Waals surface area (Å²) in [6.07, 6.45) is 5.13. The smallest absolute Gasteiger partial charge is 0.144 e. The molecule has 1 saturated carbocycles. The maximum absolute atomic E-state index is 6.18. The minimum atomic E-state index is 0.595. The van der Waals surface area contributed by atoms with Crippen LogP contribution in [0.15, 0.2) is 6.07 Å². The van der Waals surface area contributed by atoms with Crippen LogP contribution in [-0.4, -0.2) is 14.5 Å². The summed E-state index contributed by atoms with van der Waals surface area (Å²) in [5.41, 5.74) is 2.16. The van der Waals surface area contributed by atoms with Crippen molar-refractivity contribution in [2.24, 2.45) is 7.05 Å². The highest BCUT2D eigenvalue weighted by molar-refractivity contribution is 6.30. The highest BCUT2D eigenvalue weighted by Crippen LogP contribution is 2.37. The van der Waals surface area contributed by atoms with Crippen molar-refractivity contribution >= 4 is 22.6 Å². The van der Waals surface area contributed by atoms with E-state index in [0.717, 1.165) is 22.0 Å². The minimum Gasteiger partial charge on any atom is -0.319 e. The number of fused-ring (bicyclic) bond motifs is 1. The zero-order chi connectivity index (χ0) is 12.0. The standard InChI is InChI=1S/C13H16ClN3/c1-8-15-12(9-5-3-4-6-9)10-7-11(14)17(2)13(10)16-8/h7,9H,3-6H2,1-2H3. The van der Waals surface area contributed by atoms with Gasteiger partial charge in [0.15, 0.2) is 0 Å². The van der Waals surface area contributed by atoms with Gasteiger partial charge in [0.05, 0.1) is 5.69 Å². The monoisotopic (exact) mass is 249 g/mol. The second-order valence-corrected chi connectivity index (χ2v) is 5.29. The number of nitrogens with zero attached hydrogens (tertiary/aromatic N) is 3. The molecule has 1 aliphatic carbocycles. The van der Waals surface area contributed by atoms with Gasteiger partial charge in [-0.3, -0.25) is 0 Å². The second kappa shape index (κ2) is 3.98. The Labute approximate surface area is 106 Å². The largest absolute Gasteiger partial charge is 0.319 e. The van der Waals surface area contributed by atoms with Crippen LogP contribution in [0.5, 0.6) is 0 Å². The molecule has 1 fully saturated rings. The van der Waals surface area contributed by atoms with Gasteiger partial charge < -0.3 is 4.57 Å². The molecule has 90 valence electrons. The lowest BCUT2D eigenvalue weighted by Crippen LogP contribution is -2.02. The van der Waals surface area contributed by atoms with E-state index in [9.17, 15) is 0 Å².